The van der Waals surface area contributed by atoms with E-state index in [2.05, 4.69) is 15.6 Å². The third-order valence-electron chi connectivity index (χ3n) is 3.59. The van der Waals surface area contributed by atoms with E-state index < -0.39 is 0 Å². The third kappa shape index (κ3) is 3.16. The predicted molar refractivity (Wildman–Crippen MR) is 91.7 cm³/mol. The summed E-state index contributed by atoms with van der Waals surface area (Å²) >= 11 is 12.4. The number of carbonyl (C=O) groups is 1. The van der Waals surface area contributed by atoms with Gasteiger partial charge in [0.2, 0.25) is 0 Å². The third-order valence-corrected chi connectivity index (χ3v) is 4.30. The average molecular weight is 365 g/mol. The van der Waals surface area contributed by atoms with Crippen LogP contribution in [0.1, 0.15) is 27.4 Å². The topological polar surface area (TPSA) is 73.0 Å². The van der Waals surface area contributed by atoms with Gasteiger partial charge in [-0.05, 0) is 26.0 Å². The number of hydrogen-bond acceptors (Lipinski definition) is 4. The molecule has 0 saturated heterocycles. The molecule has 8 heteroatoms. The van der Waals surface area contributed by atoms with Gasteiger partial charge in [0.15, 0.2) is 0 Å². The maximum absolute atomic E-state index is 12.4. The van der Waals surface area contributed by atoms with Gasteiger partial charge in [-0.25, -0.2) is 4.68 Å². The Bertz CT molecular complexity index is 862. The molecule has 2 aromatic heterocycles. The van der Waals surface area contributed by atoms with Crippen LogP contribution in [0, 0.1) is 13.8 Å². The van der Waals surface area contributed by atoms with Crippen molar-refractivity contribution in [3.05, 3.63) is 63.1 Å². The van der Waals surface area contributed by atoms with Crippen LogP contribution >= 0.6 is 23.2 Å². The van der Waals surface area contributed by atoms with Crippen LogP contribution in [-0.2, 0) is 6.54 Å². The van der Waals surface area contributed by atoms with Crippen LogP contribution in [0.25, 0.3) is 0 Å². The van der Waals surface area contributed by atoms with Gasteiger partial charge in [-0.3, -0.25) is 4.79 Å². The summed E-state index contributed by atoms with van der Waals surface area (Å²) in [6.45, 7) is 3.74. The summed E-state index contributed by atoms with van der Waals surface area (Å²) < 4.78 is 6.64. The molecule has 1 N–H and O–H groups in total. The van der Waals surface area contributed by atoms with Crippen LogP contribution in [0.3, 0.4) is 0 Å². The molecule has 0 aliphatic heterocycles. The molecule has 6 nitrogen and oxygen atoms in total. The summed E-state index contributed by atoms with van der Waals surface area (Å²) in [4.78, 5) is 12.4. The first kappa shape index (κ1) is 16.5. The highest BCUT2D eigenvalue weighted by Gasteiger charge is 2.19. The minimum atomic E-state index is -0.307. The quantitative estimate of drug-likeness (QED) is 0.756. The number of hydrogen-bond donors (Lipinski definition) is 1. The Labute approximate surface area is 148 Å². The minimum absolute atomic E-state index is 0.307. The second kappa shape index (κ2) is 6.67. The van der Waals surface area contributed by atoms with E-state index in [0.717, 1.165) is 5.56 Å². The molecule has 0 unspecified atom stereocenters. The standard InChI is InChI=1S/C16H14Cl2N4O2/c1-9-15(10(2)24-21-9)16(23)20-14-6-7-19-22(14)8-11-12(17)4-3-5-13(11)18/h3-7H,8H2,1-2H3,(H,20,23). The molecule has 0 aliphatic carbocycles. The van der Waals surface area contributed by atoms with Crippen LogP contribution in [0.15, 0.2) is 35.0 Å². The lowest BCUT2D eigenvalue weighted by Crippen LogP contribution is -2.17. The average Bonchev–Trinajstić information content (AvgIpc) is 3.09. The van der Waals surface area contributed by atoms with Crippen molar-refractivity contribution in [1.82, 2.24) is 14.9 Å². The largest absolute Gasteiger partial charge is 0.361 e. The molecule has 1 aromatic carbocycles. The molecule has 0 saturated carbocycles. The fourth-order valence-electron chi connectivity index (χ4n) is 2.38. The summed E-state index contributed by atoms with van der Waals surface area (Å²) in [7, 11) is 0. The number of halogens is 2. The molecule has 0 fully saturated rings. The number of aryl methyl sites for hydroxylation is 2. The lowest BCUT2D eigenvalue weighted by molar-refractivity contribution is 0.102. The summed E-state index contributed by atoms with van der Waals surface area (Å²) in [6.07, 6.45) is 1.59. The number of amides is 1. The summed E-state index contributed by atoms with van der Waals surface area (Å²) in [5, 5.41) is 11.9. The van der Waals surface area contributed by atoms with E-state index in [1.807, 2.05) is 0 Å². The zero-order chi connectivity index (χ0) is 17.3. The van der Waals surface area contributed by atoms with Crippen molar-refractivity contribution < 1.29 is 9.32 Å². The fraction of sp³-hybridized carbons (Fsp3) is 0.188. The normalized spacial score (nSPS) is 10.8. The van der Waals surface area contributed by atoms with Crippen molar-refractivity contribution >= 4 is 34.9 Å². The van der Waals surface area contributed by atoms with Crippen LogP contribution in [0.5, 0.6) is 0 Å². The Morgan fingerprint density at radius 1 is 1.25 bits per heavy atom. The Kier molecular flexibility index (Phi) is 4.59. The van der Waals surface area contributed by atoms with Crippen molar-refractivity contribution in [2.75, 3.05) is 5.32 Å². The SMILES string of the molecule is Cc1noc(C)c1C(=O)Nc1ccnn1Cc1c(Cl)cccc1Cl. The van der Waals surface area contributed by atoms with Gasteiger partial charge in [-0.2, -0.15) is 5.10 Å². The van der Waals surface area contributed by atoms with Crippen molar-refractivity contribution in [2.45, 2.75) is 20.4 Å². The first-order chi connectivity index (χ1) is 11.5. The maximum atomic E-state index is 12.4. The van der Waals surface area contributed by atoms with Crippen molar-refractivity contribution in [2.24, 2.45) is 0 Å². The highest BCUT2D eigenvalue weighted by Crippen LogP contribution is 2.26. The first-order valence-electron chi connectivity index (χ1n) is 7.16. The van der Waals surface area contributed by atoms with E-state index in [9.17, 15) is 4.79 Å². The van der Waals surface area contributed by atoms with Gasteiger partial charge in [0, 0.05) is 21.7 Å². The fourth-order valence-corrected chi connectivity index (χ4v) is 2.90. The van der Waals surface area contributed by atoms with Gasteiger partial charge in [-0.1, -0.05) is 34.4 Å². The monoisotopic (exact) mass is 364 g/mol. The summed E-state index contributed by atoms with van der Waals surface area (Å²) in [6, 6.07) is 6.99. The highest BCUT2D eigenvalue weighted by molar-refractivity contribution is 6.36. The van der Waals surface area contributed by atoms with Gasteiger partial charge >= 0.3 is 0 Å². The Hall–Kier alpha value is -2.31. The predicted octanol–water partition coefficient (Wildman–Crippen LogP) is 4.10. The summed E-state index contributed by atoms with van der Waals surface area (Å²) in [5.41, 5.74) is 1.68. The second-order valence-corrected chi connectivity index (χ2v) is 6.04. The lowest BCUT2D eigenvalue weighted by Gasteiger charge is -2.11. The van der Waals surface area contributed by atoms with Crippen LogP contribution in [-0.4, -0.2) is 20.8 Å². The van der Waals surface area contributed by atoms with Gasteiger partial charge < -0.3 is 9.84 Å². The second-order valence-electron chi connectivity index (χ2n) is 5.23. The molecule has 3 aromatic rings. The molecule has 0 bridgehead atoms. The Morgan fingerprint density at radius 2 is 1.96 bits per heavy atom. The van der Waals surface area contributed by atoms with E-state index >= 15 is 0 Å². The molecule has 0 radical (unpaired) electrons. The van der Waals surface area contributed by atoms with Crippen LogP contribution in [0.2, 0.25) is 10.0 Å². The minimum Gasteiger partial charge on any atom is -0.361 e. The highest BCUT2D eigenvalue weighted by atomic mass is 35.5. The zero-order valence-corrected chi connectivity index (χ0v) is 14.5. The van der Waals surface area contributed by atoms with Crippen molar-refractivity contribution in [1.29, 1.82) is 0 Å². The summed E-state index contributed by atoms with van der Waals surface area (Å²) in [5.74, 6) is 0.680. The molecular weight excluding hydrogens is 351 g/mol. The molecule has 0 aliphatic rings. The van der Waals surface area contributed by atoms with Crippen molar-refractivity contribution in [3.8, 4) is 0 Å². The number of carbonyl (C=O) groups excluding carboxylic acids is 1. The number of nitrogens with one attached hydrogen (secondary N) is 1. The number of anilines is 1. The molecule has 0 atom stereocenters. The Morgan fingerprint density at radius 3 is 2.58 bits per heavy atom. The number of benzene rings is 1. The van der Waals surface area contributed by atoms with Crippen LogP contribution < -0.4 is 5.32 Å². The zero-order valence-electron chi connectivity index (χ0n) is 13.0. The molecule has 2 heterocycles. The number of aromatic nitrogens is 3. The molecule has 124 valence electrons. The molecule has 24 heavy (non-hydrogen) atoms. The Balaban J connectivity index is 1.85. The van der Waals surface area contributed by atoms with Crippen LogP contribution in [0.4, 0.5) is 5.82 Å². The van der Waals surface area contributed by atoms with E-state index in [4.69, 9.17) is 27.7 Å². The lowest BCUT2D eigenvalue weighted by atomic mass is 10.2. The van der Waals surface area contributed by atoms with E-state index in [-0.39, 0.29) is 5.91 Å². The van der Waals surface area contributed by atoms with Gasteiger partial charge in [-0.15, -0.1) is 0 Å². The molecular formula is C16H14Cl2N4O2. The van der Waals surface area contributed by atoms with Gasteiger partial charge in [0.05, 0.1) is 18.4 Å². The number of rotatable bonds is 4. The van der Waals surface area contributed by atoms with E-state index in [1.165, 1.54) is 0 Å². The van der Waals surface area contributed by atoms with E-state index in [1.54, 1.807) is 49.0 Å². The molecule has 0 spiro atoms. The van der Waals surface area contributed by atoms with E-state index in [0.29, 0.717) is 39.4 Å². The maximum Gasteiger partial charge on any atom is 0.262 e. The molecule has 3 rings (SSSR count). The van der Waals surface area contributed by atoms with Gasteiger partial charge in [0.1, 0.15) is 17.1 Å². The smallest absolute Gasteiger partial charge is 0.262 e. The van der Waals surface area contributed by atoms with Gasteiger partial charge in [0.25, 0.3) is 5.91 Å². The van der Waals surface area contributed by atoms with Crippen molar-refractivity contribution in [3.63, 3.8) is 0 Å². The number of nitrogens with zero attached hydrogens (tertiary/aromatic N) is 3. The first-order valence-corrected chi connectivity index (χ1v) is 7.92. The molecule has 1 amide bonds.